The second-order valence-electron chi connectivity index (χ2n) is 5.22. The molecule has 0 atom stereocenters. The molecule has 0 aliphatic carbocycles. The Balaban J connectivity index is 2.01. The van der Waals surface area contributed by atoms with Gasteiger partial charge >= 0.3 is 5.63 Å². The van der Waals surface area contributed by atoms with Crippen LogP contribution in [0.3, 0.4) is 0 Å². The zero-order valence-corrected chi connectivity index (χ0v) is 13.2. The molecule has 25 heavy (non-hydrogen) atoms. The number of nitrogens with two attached hydrogens (primary N) is 1. The minimum atomic E-state index is -0.704. The summed E-state index contributed by atoms with van der Waals surface area (Å²) in [7, 11) is 0. The maximum atomic E-state index is 11.8. The van der Waals surface area contributed by atoms with E-state index >= 15 is 0 Å². The highest BCUT2D eigenvalue weighted by molar-refractivity contribution is 5.97. The molecule has 2 heterocycles. The predicted molar refractivity (Wildman–Crippen MR) is 90.7 cm³/mol. The van der Waals surface area contributed by atoms with E-state index in [4.69, 9.17) is 10.2 Å². The van der Waals surface area contributed by atoms with Crippen LogP contribution in [0.2, 0.25) is 0 Å². The smallest absolute Gasteiger partial charge is 0.348 e. The molecule has 0 saturated carbocycles. The molecular formula is C17H14N4O4. The van der Waals surface area contributed by atoms with E-state index in [2.05, 4.69) is 10.1 Å². The van der Waals surface area contributed by atoms with E-state index in [1.54, 1.807) is 37.5 Å². The molecule has 3 N–H and O–H groups in total. The number of aromatic hydroxyl groups is 1. The molecular weight excluding hydrogens is 324 g/mol. The Hall–Kier alpha value is -3.68. The second kappa shape index (κ2) is 6.44. The van der Waals surface area contributed by atoms with Crippen LogP contribution in [-0.4, -0.2) is 27.0 Å². The third kappa shape index (κ3) is 3.32. The third-order valence-corrected chi connectivity index (χ3v) is 3.43. The molecule has 0 saturated heterocycles. The highest BCUT2D eigenvalue weighted by Crippen LogP contribution is 2.21. The van der Waals surface area contributed by atoms with Crippen LogP contribution in [0.1, 0.15) is 21.7 Å². The van der Waals surface area contributed by atoms with Crippen LogP contribution in [0, 0.1) is 6.92 Å². The molecule has 0 bridgehead atoms. The topological polar surface area (TPSA) is 124 Å². The van der Waals surface area contributed by atoms with Gasteiger partial charge in [0.15, 0.2) is 0 Å². The van der Waals surface area contributed by atoms with Crippen LogP contribution in [0.25, 0.3) is 5.69 Å². The first-order valence-corrected chi connectivity index (χ1v) is 7.27. The van der Waals surface area contributed by atoms with Gasteiger partial charge in [-0.2, -0.15) is 5.10 Å². The van der Waals surface area contributed by atoms with Gasteiger partial charge in [-0.25, -0.2) is 9.48 Å². The number of nitrogens with zero attached hydrogens (tertiary/aromatic N) is 3. The number of primary amides is 1. The highest BCUT2D eigenvalue weighted by atomic mass is 16.4. The lowest BCUT2D eigenvalue weighted by Gasteiger charge is -2.07. The second-order valence-corrected chi connectivity index (χ2v) is 5.22. The zero-order chi connectivity index (χ0) is 18.0. The van der Waals surface area contributed by atoms with Gasteiger partial charge < -0.3 is 15.3 Å². The van der Waals surface area contributed by atoms with E-state index in [9.17, 15) is 14.7 Å². The summed E-state index contributed by atoms with van der Waals surface area (Å²) in [6.45, 7) is 1.55. The first-order valence-electron chi connectivity index (χ1n) is 7.27. The SMILES string of the molecule is Cc1cc(O)c(C=Nc2ccc(-n3cccn3)c(C(N)=O)c2)c(=O)o1. The van der Waals surface area contributed by atoms with Crippen molar-refractivity contribution in [3.63, 3.8) is 0 Å². The summed E-state index contributed by atoms with van der Waals surface area (Å²) in [6.07, 6.45) is 4.44. The molecule has 126 valence electrons. The van der Waals surface area contributed by atoms with Crippen molar-refractivity contribution in [2.24, 2.45) is 10.7 Å². The number of carbonyl (C=O) groups is 1. The monoisotopic (exact) mass is 338 g/mol. The first-order chi connectivity index (χ1) is 12.0. The van der Waals surface area contributed by atoms with Crippen LogP contribution in [0.5, 0.6) is 5.75 Å². The number of aromatic nitrogens is 2. The first kappa shape index (κ1) is 16.2. The number of amides is 1. The van der Waals surface area contributed by atoms with Crippen molar-refractivity contribution in [2.45, 2.75) is 6.92 Å². The number of hydrogen-bond donors (Lipinski definition) is 2. The van der Waals surface area contributed by atoms with Gasteiger partial charge in [0.2, 0.25) is 0 Å². The van der Waals surface area contributed by atoms with Crippen LogP contribution >= 0.6 is 0 Å². The Morgan fingerprint density at radius 2 is 2.20 bits per heavy atom. The number of benzene rings is 1. The van der Waals surface area contributed by atoms with E-state index in [0.717, 1.165) is 0 Å². The maximum absolute atomic E-state index is 11.8. The Kier molecular flexibility index (Phi) is 4.17. The molecule has 0 aliphatic rings. The van der Waals surface area contributed by atoms with Gasteiger partial charge in [0.1, 0.15) is 17.1 Å². The molecule has 3 aromatic rings. The molecule has 0 spiro atoms. The molecule has 8 heteroatoms. The van der Waals surface area contributed by atoms with Crippen LogP contribution in [0.15, 0.2) is 56.9 Å². The minimum Gasteiger partial charge on any atom is -0.507 e. The lowest BCUT2D eigenvalue weighted by atomic mass is 10.1. The summed E-state index contributed by atoms with van der Waals surface area (Å²) in [5.41, 5.74) is 5.75. The van der Waals surface area contributed by atoms with Crippen molar-refractivity contribution < 1.29 is 14.3 Å². The van der Waals surface area contributed by atoms with Gasteiger partial charge in [-0.05, 0) is 31.2 Å². The van der Waals surface area contributed by atoms with Crippen molar-refractivity contribution >= 4 is 17.8 Å². The molecule has 8 nitrogen and oxygen atoms in total. The lowest BCUT2D eigenvalue weighted by Crippen LogP contribution is -2.14. The summed E-state index contributed by atoms with van der Waals surface area (Å²) in [6, 6.07) is 7.78. The van der Waals surface area contributed by atoms with Crippen LogP contribution in [0.4, 0.5) is 5.69 Å². The van der Waals surface area contributed by atoms with E-state index < -0.39 is 11.5 Å². The highest BCUT2D eigenvalue weighted by Gasteiger charge is 2.12. The lowest BCUT2D eigenvalue weighted by molar-refractivity contribution is 0.1000. The van der Waals surface area contributed by atoms with Crippen LogP contribution in [-0.2, 0) is 0 Å². The number of carbonyl (C=O) groups excluding carboxylic acids is 1. The van der Waals surface area contributed by atoms with Gasteiger partial charge in [0.25, 0.3) is 5.91 Å². The Morgan fingerprint density at radius 1 is 1.40 bits per heavy atom. The average Bonchev–Trinajstić information content (AvgIpc) is 3.08. The van der Waals surface area contributed by atoms with Gasteiger partial charge in [0.05, 0.1) is 16.9 Å². The van der Waals surface area contributed by atoms with E-state index in [0.29, 0.717) is 17.1 Å². The summed E-state index contributed by atoms with van der Waals surface area (Å²) in [5.74, 6) is -0.583. The van der Waals surface area contributed by atoms with E-state index in [-0.39, 0.29) is 16.9 Å². The summed E-state index contributed by atoms with van der Waals surface area (Å²) < 4.78 is 6.42. The number of rotatable bonds is 4. The van der Waals surface area contributed by atoms with Crippen molar-refractivity contribution in [3.8, 4) is 11.4 Å². The molecule has 1 aromatic carbocycles. The third-order valence-electron chi connectivity index (χ3n) is 3.43. The average molecular weight is 338 g/mol. The largest absolute Gasteiger partial charge is 0.507 e. The van der Waals surface area contributed by atoms with E-state index in [1.807, 2.05) is 0 Å². The van der Waals surface area contributed by atoms with Gasteiger partial charge in [-0.3, -0.25) is 9.79 Å². The quantitative estimate of drug-likeness (QED) is 0.701. The fraction of sp³-hybridized carbons (Fsp3) is 0.0588. The Bertz CT molecular complexity index is 1020. The summed E-state index contributed by atoms with van der Waals surface area (Å²) >= 11 is 0. The number of aryl methyl sites for hydroxylation is 1. The van der Waals surface area contributed by atoms with E-state index in [1.165, 1.54) is 23.0 Å². The van der Waals surface area contributed by atoms with Gasteiger partial charge in [-0.1, -0.05) is 0 Å². The minimum absolute atomic E-state index is 0.0811. The van der Waals surface area contributed by atoms with Crippen molar-refractivity contribution in [1.29, 1.82) is 0 Å². The maximum Gasteiger partial charge on any atom is 0.348 e. The molecule has 1 amide bonds. The molecule has 0 radical (unpaired) electrons. The molecule has 3 rings (SSSR count). The summed E-state index contributed by atoms with van der Waals surface area (Å²) in [5, 5.41) is 13.9. The normalized spacial score (nSPS) is 11.1. The molecule has 0 fully saturated rings. The molecule has 2 aromatic heterocycles. The van der Waals surface area contributed by atoms with Crippen molar-refractivity contribution in [1.82, 2.24) is 9.78 Å². The fourth-order valence-corrected chi connectivity index (χ4v) is 2.28. The van der Waals surface area contributed by atoms with Gasteiger partial charge in [0, 0.05) is 24.7 Å². The summed E-state index contributed by atoms with van der Waals surface area (Å²) in [4.78, 5) is 27.6. The van der Waals surface area contributed by atoms with Crippen molar-refractivity contribution in [3.05, 3.63) is 70.0 Å². The Morgan fingerprint density at radius 3 is 2.84 bits per heavy atom. The van der Waals surface area contributed by atoms with Crippen molar-refractivity contribution in [2.75, 3.05) is 0 Å². The number of hydrogen-bond acceptors (Lipinski definition) is 6. The Labute approximate surface area is 141 Å². The standard InChI is InChI=1S/C17H14N4O4/c1-10-7-15(22)13(17(24)25-10)9-19-11-3-4-14(12(8-11)16(18)23)21-6-2-5-20-21/h2-9,22H,1H3,(H2,18,23). The van der Waals surface area contributed by atoms with Crippen LogP contribution < -0.4 is 11.4 Å². The zero-order valence-electron chi connectivity index (χ0n) is 13.2. The molecule has 0 unspecified atom stereocenters. The fourth-order valence-electron chi connectivity index (χ4n) is 2.28. The predicted octanol–water partition coefficient (Wildman–Crippen LogP) is 1.69. The number of aliphatic imine (C=N–C) groups is 1. The van der Waals surface area contributed by atoms with Gasteiger partial charge in [-0.15, -0.1) is 0 Å². The molecule has 0 aliphatic heterocycles.